The predicted octanol–water partition coefficient (Wildman–Crippen LogP) is 3.54. The van der Waals surface area contributed by atoms with Gasteiger partial charge in [-0.2, -0.15) is 13.2 Å². The van der Waals surface area contributed by atoms with Crippen LogP contribution in [-0.2, 0) is 11.0 Å². The standard InChI is InChI=1S/C12H11F3N2OS2/c1-2-16-10(18)6-19-11-17-8-5-7(12(13,14)15)3-4-9(8)20-11/h3-5H,2,6H2,1H3,(H,16,18). The van der Waals surface area contributed by atoms with Crippen LogP contribution in [0.15, 0.2) is 22.5 Å². The lowest BCUT2D eigenvalue weighted by molar-refractivity contribution is -0.137. The molecule has 2 rings (SSSR count). The SMILES string of the molecule is CCNC(=O)CSc1nc2cc(C(F)(F)F)ccc2s1. The Hall–Kier alpha value is -1.28. The number of thiazole rings is 1. The molecule has 1 heterocycles. The van der Waals surface area contributed by atoms with E-state index in [1.807, 2.05) is 6.92 Å². The maximum atomic E-state index is 12.6. The van der Waals surface area contributed by atoms with Crippen LogP contribution >= 0.6 is 23.1 Å². The average Bonchev–Trinajstić information content (AvgIpc) is 2.77. The monoisotopic (exact) mass is 320 g/mol. The minimum absolute atomic E-state index is 0.118. The van der Waals surface area contributed by atoms with Gasteiger partial charge in [-0.25, -0.2) is 4.98 Å². The summed E-state index contributed by atoms with van der Waals surface area (Å²) in [6.45, 7) is 2.37. The number of fused-ring (bicyclic) bond motifs is 1. The molecule has 20 heavy (non-hydrogen) atoms. The quantitative estimate of drug-likeness (QED) is 0.876. The molecule has 1 aromatic carbocycles. The largest absolute Gasteiger partial charge is 0.416 e. The highest BCUT2D eigenvalue weighted by Crippen LogP contribution is 2.34. The molecule has 0 bridgehead atoms. The van der Waals surface area contributed by atoms with E-state index in [0.717, 1.165) is 12.1 Å². The molecule has 1 N–H and O–H groups in total. The van der Waals surface area contributed by atoms with Crippen LogP contribution in [0, 0.1) is 0 Å². The average molecular weight is 320 g/mol. The minimum atomic E-state index is -4.37. The van der Waals surface area contributed by atoms with Gasteiger partial charge in [-0.1, -0.05) is 11.8 Å². The van der Waals surface area contributed by atoms with Gasteiger partial charge in [0.05, 0.1) is 21.5 Å². The van der Waals surface area contributed by atoms with Gasteiger partial charge in [-0.05, 0) is 25.1 Å². The zero-order chi connectivity index (χ0) is 14.8. The number of alkyl halides is 3. The number of rotatable bonds is 4. The van der Waals surface area contributed by atoms with Gasteiger partial charge in [0, 0.05) is 6.54 Å². The van der Waals surface area contributed by atoms with E-state index in [2.05, 4.69) is 10.3 Å². The number of hydrogen-bond donors (Lipinski definition) is 1. The summed E-state index contributed by atoms with van der Waals surface area (Å²) in [5.74, 6) is 0.0903. The first-order chi connectivity index (χ1) is 9.40. The van der Waals surface area contributed by atoms with Crippen LogP contribution in [0.3, 0.4) is 0 Å². The first kappa shape index (κ1) is 15.1. The van der Waals surface area contributed by atoms with Gasteiger partial charge in [0.15, 0.2) is 4.34 Å². The van der Waals surface area contributed by atoms with Crippen molar-refractivity contribution in [3.63, 3.8) is 0 Å². The molecule has 8 heteroatoms. The van der Waals surface area contributed by atoms with E-state index >= 15 is 0 Å². The lowest BCUT2D eigenvalue weighted by Crippen LogP contribution is -2.24. The highest BCUT2D eigenvalue weighted by atomic mass is 32.2. The third-order valence-corrected chi connectivity index (χ3v) is 4.58. The number of carbonyl (C=O) groups excluding carboxylic acids is 1. The van der Waals surface area contributed by atoms with E-state index in [9.17, 15) is 18.0 Å². The molecule has 0 fully saturated rings. The van der Waals surface area contributed by atoms with E-state index in [-0.39, 0.29) is 11.7 Å². The Morgan fingerprint density at radius 2 is 2.20 bits per heavy atom. The second kappa shape index (κ2) is 6.01. The van der Waals surface area contributed by atoms with Gasteiger partial charge >= 0.3 is 6.18 Å². The third-order valence-electron chi connectivity index (χ3n) is 2.40. The Kier molecular flexibility index (Phi) is 4.54. The molecule has 0 atom stereocenters. The molecule has 0 radical (unpaired) electrons. The number of amides is 1. The summed E-state index contributed by atoms with van der Waals surface area (Å²) in [5, 5.41) is 2.65. The summed E-state index contributed by atoms with van der Waals surface area (Å²) in [5.41, 5.74) is -0.404. The molecule has 0 saturated carbocycles. The summed E-state index contributed by atoms with van der Waals surface area (Å²) in [7, 11) is 0. The Labute approximate surface area is 121 Å². The van der Waals surface area contributed by atoms with Crippen molar-refractivity contribution in [2.75, 3.05) is 12.3 Å². The van der Waals surface area contributed by atoms with Crippen molar-refractivity contribution in [2.24, 2.45) is 0 Å². The van der Waals surface area contributed by atoms with Gasteiger partial charge in [0.1, 0.15) is 0 Å². The summed E-state index contributed by atoms with van der Waals surface area (Å²) in [4.78, 5) is 15.4. The number of halogens is 3. The molecule has 1 aromatic heterocycles. The fourth-order valence-corrected chi connectivity index (χ4v) is 3.40. The Bertz CT molecular complexity index is 625. The van der Waals surface area contributed by atoms with Crippen LogP contribution in [0.1, 0.15) is 12.5 Å². The lowest BCUT2D eigenvalue weighted by Gasteiger charge is -2.04. The molecule has 3 nitrogen and oxygen atoms in total. The molecular weight excluding hydrogens is 309 g/mol. The zero-order valence-corrected chi connectivity index (χ0v) is 12.1. The number of nitrogens with zero attached hydrogens (tertiary/aromatic N) is 1. The predicted molar refractivity (Wildman–Crippen MR) is 74.0 cm³/mol. The molecule has 2 aromatic rings. The third kappa shape index (κ3) is 3.63. The number of thioether (sulfide) groups is 1. The van der Waals surface area contributed by atoms with Gasteiger partial charge < -0.3 is 5.32 Å². The summed E-state index contributed by atoms with van der Waals surface area (Å²) in [6.07, 6.45) is -4.37. The normalized spacial score (nSPS) is 11.8. The van der Waals surface area contributed by atoms with Gasteiger partial charge in [0.2, 0.25) is 5.91 Å². The molecule has 0 aliphatic carbocycles. The van der Waals surface area contributed by atoms with Gasteiger partial charge in [-0.3, -0.25) is 4.79 Å². The Morgan fingerprint density at radius 3 is 2.85 bits per heavy atom. The summed E-state index contributed by atoms with van der Waals surface area (Å²) >= 11 is 2.50. The van der Waals surface area contributed by atoms with E-state index in [4.69, 9.17) is 0 Å². The van der Waals surface area contributed by atoms with Crippen LogP contribution < -0.4 is 5.32 Å². The topological polar surface area (TPSA) is 42.0 Å². The van der Waals surface area contributed by atoms with Crippen LogP contribution in [-0.4, -0.2) is 23.2 Å². The van der Waals surface area contributed by atoms with Gasteiger partial charge in [0.25, 0.3) is 0 Å². The van der Waals surface area contributed by atoms with Crippen LogP contribution in [0.25, 0.3) is 10.2 Å². The molecule has 0 aliphatic rings. The van der Waals surface area contributed by atoms with E-state index < -0.39 is 11.7 Å². The Balaban J connectivity index is 2.15. The maximum absolute atomic E-state index is 12.6. The highest BCUT2D eigenvalue weighted by Gasteiger charge is 2.30. The maximum Gasteiger partial charge on any atom is 0.416 e. The number of nitrogens with one attached hydrogen (secondary N) is 1. The van der Waals surface area contributed by atoms with Crippen molar-refractivity contribution in [3.05, 3.63) is 23.8 Å². The smallest absolute Gasteiger partial charge is 0.356 e. The van der Waals surface area contributed by atoms with Crippen LogP contribution in [0.2, 0.25) is 0 Å². The zero-order valence-electron chi connectivity index (χ0n) is 10.5. The van der Waals surface area contributed by atoms with Crippen molar-refractivity contribution in [1.29, 1.82) is 0 Å². The number of aromatic nitrogens is 1. The first-order valence-electron chi connectivity index (χ1n) is 5.77. The second-order valence-electron chi connectivity index (χ2n) is 3.90. The summed E-state index contributed by atoms with van der Waals surface area (Å²) in [6, 6.07) is 3.48. The fraction of sp³-hybridized carbons (Fsp3) is 0.333. The molecule has 0 unspecified atom stereocenters. The van der Waals surface area contributed by atoms with Crippen LogP contribution in [0.5, 0.6) is 0 Å². The number of hydrogen-bond acceptors (Lipinski definition) is 4. The molecule has 0 aliphatic heterocycles. The molecule has 0 spiro atoms. The van der Waals surface area contributed by atoms with Crippen molar-refractivity contribution in [2.45, 2.75) is 17.4 Å². The first-order valence-corrected chi connectivity index (χ1v) is 7.57. The minimum Gasteiger partial charge on any atom is -0.356 e. The van der Waals surface area contributed by atoms with E-state index in [0.29, 0.717) is 21.1 Å². The molecule has 0 saturated heterocycles. The second-order valence-corrected chi connectivity index (χ2v) is 6.16. The molecule has 1 amide bonds. The van der Waals surface area contributed by atoms with Crippen molar-refractivity contribution in [1.82, 2.24) is 10.3 Å². The van der Waals surface area contributed by atoms with E-state index in [1.165, 1.54) is 29.2 Å². The fourth-order valence-electron chi connectivity index (χ4n) is 1.52. The van der Waals surface area contributed by atoms with E-state index in [1.54, 1.807) is 0 Å². The van der Waals surface area contributed by atoms with Crippen LogP contribution in [0.4, 0.5) is 13.2 Å². The summed E-state index contributed by atoms with van der Waals surface area (Å²) < 4.78 is 39.0. The Morgan fingerprint density at radius 1 is 1.45 bits per heavy atom. The molecule has 108 valence electrons. The molecular formula is C12H11F3N2OS2. The van der Waals surface area contributed by atoms with Crippen molar-refractivity contribution in [3.8, 4) is 0 Å². The number of carbonyl (C=O) groups is 1. The van der Waals surface area contributed by atoms with Crippen molar-refractivity contribution < 1.29 is 18.0 Å². The lowest BCUT2D eigenvalue weighted by atomic mass is 10.2. The van der Waals surface area contributed by atoms with Gasteiger partial charge in [-0.15, -0.1) is 11.3 Å². The highest BCUT2D eigenvalue weighted by molar-refractivity contribution is 8.01. The van der Waals surface area contributed by atoms with Crippen molar-refractivity contribution >= 4 is 39.2 Å². The number of benzene rings is 1.